The minimum absolute atomic E-state index is 0.549. The summed E-state index contributed by atoms with van der Waals surface area (Å²) in [4.78, 5) is 5.11. The fraction of sp³-hybridized carbons (Fsp3) is 0.300. The second-order valence-corrected chi connectivity index (χ2v) is 2.76. The lowest BCUT2D eigenvalue weighted by Crippen LogP contribution is -2.21. The molecule has 2 N–H and O–H groups in total. The van der Waals surface area contributed by atoms with E-state index in [0.717, 1.165) is 5.69 Å². The van der Waals surface area contributed by atoms with Crippen molar-refractivity contribution in [1.29, 1.82) is 5.26 Å². The van der Waals surface area contributed by atoms with Crippen LogP contribution in [0.1, 0.15) is 12.5 Å². The second kappa shape index (κ2) is 4.49. The van der Waals surface area contributed by atoms with E-state index in [1.165, 1.54) is 0 Å². The van der Waals surface area contributed by atoms with E-state index in [1.54, 1.807) is 30.4 Å². The van der Waals surface area contributed by atoms with Crippen molar-refractivity contribution in [2.24, 2.45) is 0 Å². The van der Waals surface area contributed by atoms with Gasteiger partial charge in [-0.15, -0.1) is 0 Å². The molecule has 0 amide bonds. The fourth-order valence-electron chi connectivity index (χ4n) is 1.25. The molecule has 1 rings (SSSR count). The number of nitrogens with zero attached hydrogens (tertiary/aromatic N) is 2. The van der Waals surface area contributed by atoms with Crippen molar-refractivity contribution in [3.05, 3.63) is 23.8 Å². The molecule has 14 heavy (non-hydrogen) atoms. The molecule has 0 unspecified atom stereocenters. The highest BCUT2D eigenvalue weighted by Gasteiger charge is 2.07. The van der Waals surface area contributed by atoms with Crippen LogP contribution < -0.4 is 10.8 Å². The molecule has 1 aromatic rings. The molecule has 0 radical (unpaired) electrons. The predicted octanol–water partition coefficient (Wildman–Crippen LogP) is 1.53. The maximum absolute atomic E-state index is 8.66. The van der Waals surface area contributed by atoms with Crippen molar-refractivity contribution in [2.75, 3.05) is 24.5 Å². The van der Waals surface area contributed by atoms with Gasteiger partial charge in [0.15, 0.2) is 0 Å². The number of nitriles is 1. The van der Waals surface area contributed by atoms with Crippen molar-refractivity contribution in [1.82, 2.24) is 0 Å². The van der Waals surface area contributed by atoms with Crippen LogP contribution in [0.2, 0.25) is 0 Å². The molecule has 0 aromatic heterocycles. The molecule has 0 saturated carbocycles. The van der Waals surface area contributed by atoms with Crippen LogP contribution in [0.25, 0.3) is 0 Å². The zero-order valence-corrected chi connectivity index (χ0v) is 8.32. The smallest absolute Gasteiger partial charge is 0.0992 e. The van der Waals surface area contributed by atoms with Crippen LogP contribution in [-0.2, 0) is 4.84 Å². The summed E-state index contributed by atoms with van der Waals surface area (Å²) in [7, 11) is 1.58. The molecular weight excluding hydrogens is 178 g/mol. The van der Waals surface area contributed by atoms with Crippen molar-refractivity contribution < 1.29 is 4.84 Å². The van der Waals surface area contributed by atoms with E-state index in [9.17, 15) is 0 Å². The van der Waals surface area contributed by atoms with Gasteiger partial charge >= 0.3 is 0 Å². The van der Waals surface area contributed by atoms with Gasteiger partial charge in [0.05, 0.1) is 30.1 Å². The second-order valence-electron chi connectivity index (χ2n) is 2.76. The molecular formula is C10H13N3O. The summed E-state index contributed by atoms with van der Waals surface area (Å²) >= 11 is 0. The number of nitrogen functional groups attached to an aromatic ring is 1. The number of anilines is 2. The van der Waals surface area contributed by atoms with Crippen LogP contribution >= 0.6 is 0 Å². The average Bonchev–Trinajstić information content (AvgIpc) is 2.22. The first kappa shape index (κ1) is 10.4. The maximum atomic E-state index is 8.66. The Hall–Kier alpha value is -1.73. The topological polar surface area (TPSA) is 62.3 Å². The summed E-state index contributed by atoms with van der Waals surface area (Å²) in [5.74, 6) is 0. The van der Waals surface area contributed by atoms with E-state index in [2.05, 4.69) is 0 Å². The summed E-state index contributed by atoms with van der Waals surface area (Å²) in [5, 5.41) is 10.3. The van der Waals surface area contributed by atoms with Crippen molar-refractivity contribution in [3.63, 3.8) is 0 Å². The highest BCUT2D eigenvalue weighted by Crippen LogP contribution is 2.23. The third kappa shape index (κ3) is 1.95. The minimum atomic E-state index is 0.549. The van der Waals surface area contributed by atoms with Crippen molar-refractivity contribution in [2.45, 2.75) is 6.92 Å². The van der Waals surface area contributed by atoms with Gasteiger partial charge in [0.25, 0.3) is 0 Å². The number of hydroxylamine groups is 1. The van der Waals surface area contributed by atoms with Gasteiger partial charge in [-0.2, -0.15) is 5.26 Å². The molecule has 0 aliphatic carbocycles. The van der Waals surface area contributed by atoms with E-state index in [1.807, 2.05) is 13.0 Å². The van der Waals surface area contributed by atoms with Crippen LogP contribution in [-0.4, -0.2) is 13.7 Å². The minimum Gasteiger partial charge on any atom is -0.397 e. The van der Waals surface area contributed by atoms with Crippen LogP contribution in [0, 0.1) is 11.3 Å². The Labute approximate surface area is 83.5 Å². The van der Waals surface area contributed by atoms with Crippen LogP contribution in [0.4, 0.5) is 11.4 Å². The zero-order valence-electron chi connectivity index (χ0n) is 8.32. The maximum Gasteiger partial charge on any atom is 0.0992 e. The SMILES string of the molecule is CCN(OC)c1ccc(C#N)cc1N. The van der Waals surface area contributed by atoms with E-state index in [-0.39, 0.29) is 0 Å². The lowest BCUT2D eigenvalue weighted by Gasteiger charge is -2.21. The largest absolute Gasteiger partial charge is 0.397 e. The number of hydrogen-bond acceptors (Lipinski definition) is 4. The van der Waals surface area contributed by atoms with Gasteiger partial charge in [0, 0.05) is 6.54 Å². The molecule has 0 fully saturated rings. The molecule has 0 bridgehead atoms. The van der Waals surface area contributed by atoms with Gasteiger partial charge < -0.3 is 5.73 Å². The summed E-state index contributed by atoms with van der Waals surface area (Å²) < 4.78 is 0. The first-order valence-electron chi connectivity index (χ1n) is 4.34. The molecule has 74 valence electrons. The Morgan fingerprint density at radius 1 is 1.57 bits per heavy atom. The van der Waals surface area contributed by atoms with Gasteiger partial charge in [0.1, 0.15) is 0 Å². The molecule has 1 aromatic carbocycles. The summed E-state index contributed by atoms with van der Waals surface area (Å²) in [5.41, 5.74) is 7.67. The summed E-state index contributed by atoms with van der Waals surface area (Å²) in [6.07, 6.45) is 0. The number of nitrogens with two attached hydrogens (primary N) is 1. The standard InChI is InChI=1S/C10H13N3O/c1-3-13(14-2)10-5-4-8(7-11)6-9(10)12/h4-6H,3,12H2,1-2H3. The first-order valence-corrected chi connectivity index (χ1v) is 4.34. The van der Waals surface area contributed by atoms with Crippen molar-refractivity contribution >= 4 is 11.4 Å². The Bertz CT molecular complexity index is 353. The quantitative estimate of drug-likeness (QED) is 0.581. The zero-order chi connectivity index (χ0) is 10.6. The number of rotatable bonds is 3. The molecule has 0 saturated heterocycles. The van der Waals surface area contributed by atoms with Crippen LogP contribution in [0.3, 0.4) is 0 Å². The molecule has 0 spiro atoms. The van der Waals surface area contributed by atoms with Gasteiger partial charge in [0.2, 0.25) is 0 Å². The van der Waals surface area contributed by atoms with Crippen molar-refractivity contribution in [3.8, 4) is 6.07 Å². The predicted molar refractivity (Wildman–Crippen MR) is 55.6 cm³/mol. The Balaban J connectivity index is 3.05. The molecule has 0 heterocycles. The Morgan fingerprint density at radius 3 is 2.71 bits per heavy atom. The van der Waals surface area contributed by atoms with E-state index >= 15 is 0 Å². The van der Waals surface area contributed by atoms with Gasteiger partial charge in [-0.3, -0.25) is 9.90 Å². The fourth-order valence-corrected chi connectivity index (χ4v) is 1.25. The molecule has 0 aliphatic rings. The monoisotopic (exact) mass is 191 g/mol. The average molecular weight is 191 g/mol. The Kier molecular flexibility index (Phi) is 3.32. The molecule has 0 atom stereocenters. The number of hydrogen-bond donors (Lipinski definition) is 1. The lowest BCUT2D eigenvalue weighted by molar-refractivity contribution is 0.171. The molecule has 0 aliphatic heterocycles. The molecule has 4 heteroatoms. The van der Waals surface area contributed by atoms with Gasteiger partial charge in [-0.25, -0.2) is 0 Å². The highest BCUT2D eigenvalue weighted by molar-refractivity contribution is 5.68. The lowest BCUT2D eigenvalue weighted by atomic mass is 10.2. The van der Waals surface area contributed by atoms with Crippen LogP contribution in [0.5, 0.6) is 0 Å². The van der Waals surface area contributed by atoms with E-state index in [4.69, 9.17) is 15.8 Å². The number of benzene rings is 1. The third-order valence-electron chi connectivity index (χ3n) is 1.93. The van der Waals surface area contributed by atoms with E-state index in [0.29, 0.717) is 17.8 Å². The van der Waals surface area contributed by atoms with Gasteiger partial charge in [-0.05, 0) is 25.1 Å². The third-order valence-corrected chi connectivity index (χ3v) is 1.93. The molecule has 4 nitrogen and oxygen atoms in total. The normalized spacial score (nSPS) is 9.50. The Morgan fingerprint density at radius 2 is 2.29 bits per heavy atom. The van der Waals surface area contributed by atoms with E-state index < -0.39 is 0 Å². The highest BCUT2D eigenvalue weighted by atomic mass is 16.7. The van der Waals surface area contributed by atoms with Gasteiger partial charge in [-0.1, -0.05) is 0 Å². The summed E-state index contributed by atoms with van der Waals surface area (Å²) in [6, 6.07) is 7.16. The summed E-state index contributed by atoms with van der Waals surface area (Å²) in [6.45, 7) is 2.66. The van der Waals surface area contributed by atoms with Crippen LogP contribution in [0.15, 0.2) is 18.2 Å². The first-order chi connectivity index (χ1) is 6.72.